The number of nitrogens with one attached hydrogen (secondary N) is 1. The van der Waals surface area contributed by atoms with Crippen molar-refractivity contribution in [3.05, 3.63) is 65.7 Å². The highest BCUT2D eigenvalue weighted by atomic mass is 35.5. The summed E-state index contributed by atoms with van der Waals surface area (Å²) in [6, 6.07) is 11.2. The molecule has 4 atom stereocenters. The SMILES string of the molecule is CC(=O)Oc1ccc(N2C(=O)[C@@H]3[C@H](C2=O)[C@H](C(=O)Nc2ccc(Cl)cc2)N2N=CC=C[C@@H]32)cc1. The molecule has 0 radical (unpaired) electrons. The van der Waals surface area contributed by atoms with Crippen molar-refractivity contribution in [3.8, 4) is 5.75 Å². The molecule has 2 aromatic carbocycles. The Morgan fingerprint density at radius 2 is 1.68 bits per heavy atom. The van der Waals surface area contributed by atoms with Crippen molar-refractivity contribution in [1.29, 1.82) is 0 Å². The normalized spacial score (nSPS) is 24.8. The number of rotatable bonds is 4. The number of hydrazone groups is 1. The van der Waals surface area contributed by atoms with E-state index in [1.165, 1.54) is 42.4 Å². The first-order chi connectivity index (χ1) is 16.3. The maximum absolute atomic E-state index is 13.5. The second-order valence-electron chi connectivity index (χ2n) is 8.11. The van der Waals surface area contributed by atoms with Crippen LogP contribution in [0.5, 0.6) is 5.75 Å². The van der Waals surface area contributed by atoms with Gasteiger partial charge in [-0.1, -0.05) is 17.7 Å². The van der Waals surface area contributed by atoms with Gasteiger partial charge >= 0.3 is 5.97 Å². The highest BCUT2D eigenvalue weighted by Gasteiger charge is 2.64. The van der Waals surface area contributed by atoms with Crippen LogP contribution in [0.2, 0.25) is 5.02 Å². The molecular weight excluding hydrogens is 460 g/mol. The number of imide groups is 1. The number of amides is 3. The highest BCUT2D eigenvalue weighted by molar-refractivity contribution is 6.30. The van der Waals surface area contributed by atoms with E-state index >= 15 is 0 Å². The number of anilines is 2. The average Bonchev–Trinajstić information content (AvgIpc) is 3.28. The maximum atomic E-state index is 13.5. The van der Waals surface area contributed by atoms with Crippen molar-refractivity contribution in [3.63, 3.8) is 0 Å². The molecule has 3 heterocycles. The summed E-state index contributed by atoms with van der Waals surface area (Å²) in [7, 11) is 0. The fourth-order valence-corrected chi connectivity index (χ4v) is 4.80. The van der Waals surface area contributed by atoms with Crippen molar-refractivity contribution >= 4 is 52.9 Å². The molecule has 10 heteroatoms. The number of hydrogen-bond acceptors (Lipinski definition) is 7. The van der Waals surface area contributed by atoms with Gasteiger partial charge in [-0.3, -0.25) is 24.2 Å². The van der Waals surface area contributed by atoms with Gasteiger partial charge in [-0.05, 0) is 54.6 Å². The third-order valence-corrected chi connectivity index (χ3v) is 6.28. The second kappa shape index (κ2) is 8.42. The monoisotopic (exact) mass is 478 g/mol. The quantitative estimate of drug-likeness (QED) is 0.411. The lowest BCUT2D eigenvalue weighted by atomic mass is 9.88. The van der Waals surface area contributed by atoms with Crippen molar-refractivity contribution in [2.75, 3.05) is 10.2 Å². The first-order valence-electron chi connectivity index (χ1n) is 10.6. The fraction of sp³-hybridized carbons (Fsp3) is 0.208. The molecular formula is C24H19ClN4O5. The average molecular weight is 479 g/mol. The molecule has 34 heavy (non-hydrogen) atoms. The van der Waals surface area contributed by atoms with Crippen LogP contribution >= 0.6 is 11.6 Å². The van der Waals surface area contributed by atoms with Crippen LogP contribution in [0.25, 0.3) is 0 Å². The van der Waals surface area contributed by atoms with Crippen molar-refractivity contribution in [2.45, 2.75) is 19.0 Å². The van der Waals surface area contributed by atoms with E-state index in [4.69, 9.17) is 16.3 Å². The Balaban J connectivity index is 1.46. The number of carbonyl (C=O) groups excluding carboxylic acids is 4. The number of carbonyl (C=O) groups is 4. The lowest BCUT2D eigenvalue weighted by molar-refractivity contribution is -0.132. The number of fused-ring (bicyclic) bond motifs is 3. The van der Waals surface area contributed by atoms with E-state index in [1.807, 2.05) is 0 Å². The van der Waals surface area contributed by atoms with Crippen LogP contribution in [0.1, 0.15) is 6.92 Å². The molecule has 0 spiro atoms. The molecule has 0 unspecified atom stereocenters. The molecule has 3 aliphatic rings. The van der Waals surface area contributed by atoms with Gasteiger partial charge in [0.25, 0.3) is 0 Å². The van der Waals surface area contributed by atoms with Gasteiger partial charge in [-0.15, -0.1) is 0 Å². The molecule has 0 saturated carbocycles. The van der Waals surface area contributed by atoms with Crippen LogP contribution in [0.4, 0.5) is 11.4 Å². The van der Waals surface area contributed by atoms with E-state index in [1.54, 1.807) is 36.4 Å². The lowest BCUT2D eigenvalue weighted by Crippen LogP contribution is -2.47. The molecule has 5 rings (SSSR count). The molecule has 172 valence electrons. The number of nitrogens with zero attached hydrogens (tertiary/aromatic N) is 3. The van der Waals surface area contributed by atoms with Gasteiger partial charge in [-0.25, -0.2) is 4.90 Å². The predicted molar refractivity (Wildman–Crippen MR) is 124 cm³/mol. The van der Waals surface area contributed by atoms with Crippen molar-refractivity contribution in [2.24, 2.45) is 16.9 Å². The third-order valence-electron chi connectivity index (χ3n) is 6.03. The van der Waals surface area contributed by atoms with Crippen molar-refractivity contribution < 1.29 is 23.9 Å². The van der Waals surface area contributed by atoms with Crippen LogP contribution in [0.3, 0.4) is 0 Å². The van der Waals surface area contributed by atoms with Crippen LogP contribution in [0.15, 0.2) is 65.8 Å². The van der Waals surface area contributed by atoms with Crippen molar-refractivity contribution in [1.82, 2.24) is 5.01 Å². The minimum atomic E-state index is -0.978. The molecule has 1 N–H and O–H groups in total. The Morgan fingerprint density at radius 1 is 1.00 bits per heavy atom. The zero-order chi connectivity index (χ0) is 24.0. The standard InChI is InChI=1S/C24H19ClN4O5/c1-13(30)34-17-10-8-16(9-11-17)28-23(32)19-18-3-2-12-26-29(18)21(20(19)24(28)33)22(31)27-15-6-4-14(25)5-7-15/h2-12,18-21H,1H3,(H,27,31)/t18-,19-,20-,21+/m0/s1. The minimum absolute atomic E-state index is 0.298. The van der Waals surface area contributed by atoms with E-state index < -0.39 is 47.6 Å². The number of halogens is 1. The lowest BCUT2D eigenvalue weighted by Gasteiger charge is -2.30. The Labute approximate surface area is 199 Å². The van der Waals surface area contributed by atoms with Gasteiger partial charge in [-0.2, -0.15) is 5.10 Å². The van der Waals surface area contributed by atoms with Crippen LogP contribution < -0.4 is 15.0 Å². The smallest absolute Gasteiger partial charge is 0.308 e. The zero-order valence-corrected chi connectivity index (χ0v) is 18.7. The molecule has 0 bridgehead atoms. The Hall–Kier alpha value is -3.98. The van der Waals surface area contributed by atoms with E-state index in [-0.39, 0.29) is 0 Å². The van der Waals surface area contributed by atoms with E-state index in [0.717, 1.165) is 4.90 Å². The summed E-state index contributed by atoms with van der Waals surface area (Å²) in [5.41, 5.74) is 0.854. The maximum Gasteiger partial charge on any atom is 0.308 e. The fourth-order valence-electron chi connectivity index (χ4n) is 4.67. The highest BCUT2D eigenvalue weighted by Crippen LogP contribution is 2.45. The van der Waals surface area contributed by atoms with Gasteiger partial charge in [0, 0.05) is 23.8 Å². The van der Waals surface area contributed by atoms with Gasteiger partial charge in [0.2, 0.25) is 17.7 Å². The summed E-state index contributed by atoms with van der Waals surface area (Å²) >= 11 is 5.92. The molecule has 2 fully saturated rings. The van der Waals surface area contributed by atoms with Gasteiger partial charge in [0.05, 0.1) is 23.6 Å². The Kier molecular flexibility index (Phi) is 5.41. The molecule has 9 nitrogen and oxygen atoms in total. The van der Waals surface area contributed by atoms with E-state index in [9.17, 15) is 19.2 Å². The van der Waals surface area contributed by atoms with Crippen LogP contribution in [-0.2, 0) is 19.2 Å². The number of ether oxygens (including phenoxy) is 1. The topological polar surface area (TPSA) is 108 Å². The molecule has 2 aromatic rings. The van der Waals surface area contributed by atoms with Gasteiger partial charge in [0.1, 0.15) is 11.8 Å². The summed E-state index contributed by atoms with van der Waals surface area (Å²) in [6.07, 6.45) is 5.01. The second-order valence-corrected chi connectivity index (χ2v) is 8.55. The summed E-state index contributed by atoms with van der Waals surface area (Å²) < 4.78 is 5.02. The molecule has 2 saturated heterocycles. The zero-order valence-electron chi connectivity index (χ0n) is 17.9. The first-order valence-corrected chi connectivity index (χ1v) is 10.9. The Morgan fingerprint density at radius 3 is 2.35 bits per heavy atom. The van der Waals surface area contributed by atoms with Crippen LogP contribution in [0, 0.1) is 11.8 Å². The van der Waals surface area contributed by atoms with Gasteiger partial charge in [0.15, 0.2) is 0 Å². The number of allylic oxidation sites excluding steroid dienone is 1. The first kappa shape index (κ1) is 21.8. The minimum Gasteiger partial charge on any atom is -0.427 e. The molecule has 3 amide bonds. The molecule has 0 aromatic heterocycles. The molecule has 3 aliphatic heterocycles. The predicted octanol–water partition coefficient (Wildman–Crippen LogP) is 2.62. The van der Waals surface area contributed by atoms with Gasteiger partial charge < -0.3 is 10.1 Å². The molecule has 0 aliphatic carbocycles. The van der Waals surface area contributed by atoms with E-state index in [0.29, 0.717) is 22.1 Å². The van der Waals surface area contributed by atoms with Crippen LogP contribution in [-0.4, -0.2) is 47.0 Å². The summed E-state index contributed by atoms with van der Waals surface area (Å²) in [5.74, 6) is -3.20. The summed E-state index contributed by atoms with van der Waals surface area (Å²) in [5, 5.41) is 9.16. The summed E-state index contributed by atoms with van der Waals surface area (Å²) in [4.78, 5) is 52.6. The number of hydrogen-bond donors (Lipinski definition) is 1. The summed E-state index contributed by atoms with van der Waals surface area (Å²) in [6.45, 7) is 1.28. The largest absolute Gasteiger partial charge is 0.427 e. The number of esters is 1. The Bertz CT molecular complexity index is 1240. The van der Waals surface area contributed by atoms with E-state index in [2.05, 4.69) is 10.4 Å². The third kappa shape index (κ3) is 3.63. The number of benzene rings is 2.